The van der Waals surface area contributed by atoms with Gasteiger partial charge in [0.1, 0.15) is 5.75 Å². The minimum atomic E-state index is -0.158. The zero-order chi connectivity index (χ0) is 16.8. The molecule has 0 radical (unpaired) electrons. The molecular formula is C19H23NO2S. The van der Waals surface area contributed by atoms with Crippen LogP contribution in [-0.2, 0) is 4.79 Å². The highest BCUT2D eigenvalue weighted by molar-refractivity contribution is 8.00. The zero-order valence-electron chi connectivity index (χ0n) is 14.0. The van der Waals surface area contributed by atoms with Crippen LogP contribution in [0.5, 0.6) is 5.75 Å². The van der Waals surface area contributed by atoms with Crippen molar-refractivity contribution in [1.82, 2.24) is 5.32 Å². The van der Waals surface area contributed by atoms with E-state index in [1.807, 2.05) is 50.2 Å². The standard InChI is InChI=1S/C19H23NO2S/c1-13-9-11-16(12-10-13)23-15(3)19(21)20-14(2)17-7-5-6-8-18(17)22-4/h5-12,14-15H,1-4H3,(H,20,21)/t14-,15-/m0/s1. The third-order valence-electron chi connectivity index (χ3n) is 3.67. The molecule has 0 saturated carbocycles. The minimum Gasteiger partial charge on any atom is -0.496 e. The molecule has 2 aromatic carbocycles. The third kappa shape index (κ3) is 4.76. The van der Waals surface area contributed by atoms with E-state index >= 15 is 0 Å². The topological polar surface area (TPSA) is 38.3 Å². The molecule has 2 rings (SSSR count). The van der Waals surface area contributed by atoms with E-state index in [0.29, 0.717) is 0 Å². The lowest BCUT2D eigenvalue weighted by Gasteiger charge is -2.19. The van der Waals surface area contributed by atoms with Crippen LogP contribution in [0.25, 0.3) is 0 Å². The van der Waals surface area contributed by atoms with Crippen LogP contribution in [0.1, 0.15) is 31.0 Å². The Bertz CT molecular complexity index is 655. The molecule has 23 heavy (non-hydrogen) atoms. The normalized spacial score (nSPS) is 13.2. The van der Waals surface area contributed by atoms with Gasteiger partial charge in [-0.3, -0.25) is 4.79 Å². The molecule has 0 aliphatic carbocycles. The maximum absolute atomic E-state index is 12.4. The molecule has 0 aliphatic heterocycles. The number of carbonyl (C=O) groups excluding carboxylic acids is 1. The summed E-state index contributed by atoms with van der Waals surface area (Å²) in [6, 6.07) is 15.9. The molecular weight excluding hydrogens is 306 g/mol. The quantitative estimate of drug-likeness (QED) is 0.800. The van der Waals surface area contributed by atoms with Crippen molar-refractivity contribution in [3.8, 4) is 5.75 Å². The number of ether oxygens (including phenoxy) is 1. The van der Waals surface area contributed by atoms with Gasteiger partial charge in [-0.05, 0) is 39.0 Å². The van der Waals surface area contributed by atoms with E-state index in [1.54, 1.807) is 18.9 Å². The van der Waals surface area contributed by atoms with E-state index in [1.165, 1.54) is 5.56 Å². The summed E-state index contributed by atoms with van der Waals surface area (Å²) in [5, 5.41) is 2.90. The van der Waals surface area contributed by atoms with Gasteiger partial charge >= 0.3 is 0 Å². The number of nitrogens with one attached hydrogen (secondary N) is 1. The minimum absolute atomic E-state index is 0.0222. The fraction of sp³-hybridized carbons (Fsp3) is 0.316. The second-order valence-corrected chi connectivity index (χ2v) is 6.96. The summed E-state index contributed by atoms with van der Waals surface area (Å²) in [5.41, 5.74) is 2.20. The first-order valence-electron chi connectivity index (χ1n) is 7.68. The Morgan fingerprint density at radius 3 is 2.39 bits per heavy atom. The van der Waals surface area contributed by atoms with Gasteiger partial charge in [0, 0.05) is 10.5 Å². The largest absolute Gasteiger partial charge is 0.496 e. The maximum atomic E-state index is 12.4. The molecule has 1 N–H and O–H groups in total. The fourth-order valence-electron chi connectivity index (χ4n) is 2.31. The lowest BCUT2D eigenvalue weighted by molar-refractivity contribution is -0.120. The van der Waals surface area contributed by atoms with Crippen molar-refractivity contribution in [2.45, 2.75) is 37.0 Å². The summed E-state index contributed by atoms with van der Waals surface area (Å²) in [6.07, 6.45) is 0. The van der Waals surface area contributed by atoms with Gasteiger partial charge in [-0.15, -0.1) is 11.8 Å². The lowest BCUT2D eigenvalue weighted by Crippen LogP contribution is -2.33. The van der Waals surface area contributed by atoms with E-state index in [0.717, 1.165) is 16.2 Å². The van der Waals surface area contributed by atoms with E-state index in [2.05, 4.69) is 24.4 Å². The van der Waals surface area contributed by atoms with Crippen molar-refractivity contribution in [2.24, 2.45) is 0 Å². The molecule has 0 aliphatic rings. The molecule has 1 amide bonds. The van der Waals surface area contributed by atoms with Crippen LogP contribution in [-0.4, -0.2) is 18.3 Å². The van der Waals surface area contributed by atoms with Crippen molar-refractivity contribution in [2.75, 3.05) is 7.11 Å². The van der Waals surface area contributed by atoms with Gasteiger partial charge in [0.15, 0.2) is 0 Å². The average Bonchev–Trinajstić information content (AvgIpc) is 2.56. The maximum Gasteiger partial charge on any atom is 0.233 e. The molecule has 2 atom stereocenters. The monoisotopic (exact) mass is 329 g/mol. The van der Waals surface area contributed by atoms with Gasteiger partial charge in [0.2, 0.25) is 5.91 Å². The first kappa shape index (κ1) is 17.4. The highest BCUT2D eigenvalue weighted by Crippen LogP contribution is 2.27. The summed E-state index contributed by atoms with van der Waals surface area (Å²) in [4.78, 5) is 13.5. The van der Waals surface area contributed by atoms with Crippen molar-refractivity contribution < 1.29 is 9.53 Å². The van der Waals surface area contributed by atoms with Crippen molar-refractivity contribution in [3.63, 3.8) is 0 Å². The number of benzene rings is 2. The molecule has 0 saturated heterocycles. The molecule has 3 nitrogen and oxygen atoms in total. The first-order chi connectivity index (χ1) is 11.0. The fourth-order valence-corrected chi connectivity index (χ4v) is 3.18. The van der Waals surface area contributed by atoms with Crippen LogP contribution < -0.4 is 10.1 Å². The number of carbonyl (C=O) groups is 1. The predicted octanol–water partition coefficient (Wildman–Crippen LogP) is 4.36. The number of aryl methyl sites for hydroxylation is 1. The Labute approximate surface area is 142 Å². The molecule has 0 bridgehead atoms. The van der Waals surface area contributed by atoms with E-state index in [9.17, 15) is 4.79 Å². The average molecular weight is 329 g/mol. The van der Waals surface area contributed by atoms with Crippen LogP contribution in [0.4, 0.5) is 0 Å². The summed E-state index contributed by atoms with van der Waals surface area (Å²) in [5.74, 6) is 0.813. The Hall–Kier alpha value is -1.94. The van der Waals surface area contributed by atoms with Crippen molar-refractivity contribution in [1.29, 1.82) is 0 Å². The number of amides is 1. The molecule has 0 fully saturated rings. The number of hydrogen-bond acceptors (Lipinski definition) is 3. The lowest BCUT2D eigenvalue weighted by atomic mass is 10.1. The zero-order valence-corrected chi connectivity index (χ0v) is 14.8. The smallest absolute Gasteiger partial charge is 0.233 e. The molecule has 122 valence electrons. The second-order valence-electron chi connectivity index (χ2n) is 5.55. The highest BCUT2D eigenvalue weighted by atomic mass is 32.2. The summed E-state index contributed by atoms with van der Waals surface area (Å²) >= 11 is 1.56. The number of hydrogen-bond donors (Lipinski definition) is 1. The molecule has 4 heteroatoms. The Kier molecular flexibility index (Phi) is 6.11. The predicted molar refractivity (Wildman–Crippen MR) is 96.0 cm³/mol. The Balaban J connectivity index is 1.98. The van der Waals surface area contributed by atoms with Crippen LogP contribution in [0.3, 0.4) is 0 Å². The van der Waals surface area contributed by atoms with E-state index in [4.69, 9.17) is 4.74 Å². The van der Waals surface area contributed by atoms with Crippen LogP contribution in [0.15, 0.2) is 53.4 Å². The Morgan fingerprint density at radius 2 is 1.74 bits per heavy atom. The van der Waals surface area contributed by atoms with Crippen molar-refractivity contribution in [3.05, 3.63) is 59.7 Å². The van der Waals surface area contributed by atoms with Gasteiger partial charge in [-0.1, -0.05) is 35.9 Å². The number of rotatable bonds is 6. The summed E-state index contributed by atoms with van der Waals surface area (Å²) in [7, 11) is 1.64. The number of methoxy groups -OCH3 is 1. The van der Waals surface area contributed by atoms with Crippen molar-refractivity contribution >= 4 is 17.7 Å². The Morgan fingerprint density at radius 1 is 1.09 bits per heavy atom. The molecule has 2 aromatic rings. The molecule has 0 spiro atoms. The molecule has 0 unspecified atom stereocenters. The van der Waals surface area contributed by atoms with Gasteiger partial charge in [-0.2, -0.15) is 0 Å². The molecule has 0 aromatic heterocycles. The summed E-state index contributed by atoms with van der Waals surface area (Å²) < 4.78 is 5.36. The second kappa shape index (κ2) is 8.06. The summed E-state index contributed by atoms with van der Waals surface area (Å²) in [6.45, 7) is 5.95. The van der Waals surface area contributed by atoms with Gasteiger partial charge in [-0.25, -0.2) is 0 Å². The molecule has 0 heterocycles. The third-order valence-corrected chi connectivity index (χ3v) is 4.78. The number of para-hydroxylation sites is 1. The first-order valence-corrected chi connectivity index (χ1v) is 8.56. The SMILES string of the molecule is COc1ccccc1[C@H](C)NC(=O)[C@H](C)Sc1ccc(C)cc1. The van der Waals surface area contributed by atoms with Crippen LogP contribution in [0.2, 0.25) is 0 Å². The number of thioether (sulfide) groups is 1. The van der Waals surface area contributed by atoms with Gasteiger partial charge in [0.25, 0.3) is 0 Å². The van der Waals surface area contributed by atoms with E-state index < -0.39 is 0 Å². The van der Waals surface area contributed by atoms with Crippen LogP contribution >= 0.6 is 11.8 Å². The van der Waals surface area contributed by atoms with Gasteiger partial charge in [0.05, 0.1) is 18.4 Å². The van der Waals surface area contributed by atoms with Gasteiger partial charge < -0.3 is 10.1 Å². The van der Waals surface area contributed by atoms with Crippen LogP contribution in [0, 0.1) is 6.92 Å². The highest BCUT2D eigenvalue weighted by Gasteiger charge is 2.19. The van der Waals surface area contributed by atoms with E-state index in [-0.39, 0.29) is 17.2 Å².